The third-order valence-electron chi connectivity index (χ3n) is 4.76. The van der Waals surface area contributed by atoms with Crippen molar-refractivity contribution in [2.75, 3.05) is 25.7 Å². The van der Waals surface area contributed by atoms with Crippen LogP contribution in [-0.4, -0.2) is 35.1 Å². The summed E-state index contributed by atoms with van der Waals surface area (Å²) in [6, 6.07) is 11.3. The van der Waals surface area contributed by atoms with E-state index >= 15 is 0 Å². The number of nitrogens with one attached hydrogen (secondary N) is 1. The average Bonchev–Trinajstić information content (AvgIpc) is 3.12. The van der Waals surface area contributed by atoms with E-state index in [-0.39, 0.29) is 10.8 Å². The second-order valence-electron chi connectivity index (χ2n) is 6.57. The molecule has 0 radical (unpaired) electrons. The van der Waals surface area contributed by atoms with Crippen molar-refractivity contribution in [3.63, 3.8) is 0 Å². The normalized spacial score (nSPS) is 15.5. The van der Waals surface area contributed by atoms with E-state index in [2.05, 4.69) is 4.72 Å². The van der Waals surface area contributed by atoms with Gasteiger partial charge in [0.05, 0.1) is 24.8 Å². The molecule has 150 valence electrons. The summed E-state index contributed by atoms with van der Waals surface area (Å²) in [4.78, 5) is 13.8. The number of methoxy groups -OCH3 is 2. The van der Waals surface area contributed by atoms with Crippen LogP contribution in [0.1, 0.15) is 31.4 Å². The van der Waals surface area contributed by atoms with Crippen LogP contribution >= 0.6 is 0 Å². The van der Waals surface area contributed by atoms with Gasteiger partial charge < -0.3 is 14.4 Å². The predicted molar refractivity (Wildman–Crippen MR) is 106 cm³/mol. The second kappa shape index (κ2) is 8.20. The molecule has 0 aromatic heterocycles. The maximum Gasteiger partial charge on any atom is 0.241 e. The van der Waals surface area contributed by atoms with Gasteiger partial charge in [-0.3, -0.25) is 4.79 Å². The zero-order valence-corrected chi connectivity index (χ0v) is 17.0. The van der Waals surface area contributed by atoms with E-state index in [0.29, 0.717) is 30.2 Å². The molecule has 1 aliphatic heterocycles. The van der Waals surface area contributed by atoms with Gasteiger partial charge in [-0.05, 0) is 37.6 Å². The molecule has 8 heteroatoms. The molecule has 0 aliphatic carbocycles. The molecule has 7 nitrogen and oxygen atoms in total. The first-order valence-corrected chi connectivity index (χ1v) is 10.5. The zero-order chi connectivity index (χ0) is 20.3. The Kier molecular flexibility index (Phi) is 5.90. The number of amides is 1. The van der Waals surface area contributed by atoms with Gasteiger partial charge >= 0.3 is 0 Å². The zero-order valence-electron chi connectivity index (χ0n) is 16.1. The number of ether oxygens (including phenoxy) is 2. The van der Waals surface area contributed by atoms with Crippen LogP contribution < -0.4 is 19.1 Å². The first-order chi connectivity index (χ1) is 13.4. The van der Waals surface area contributed by atoms with Gasteiger partial charge in [-0.2, -0.15) is 0 Å². The van der Waals surface area contributed by atoms with E-state index < -0.39 is 16.1 Å². The molecule has 1 atom stereocenters. The van der Waals surface area contributed by atoms with Crippen LogP contribution in [0.2, 0.25) is 0 Å². The highest BCUT2D eigenvalue weighted by atomic mass is 32.2. The lowest BCUT2D eigenvalue weighted by Crippen LogP contribution is -2.28. The topological polar surface area (TPSA) is 84.9 Å². The molecule has 1 saturated heterocycles. The van der Waals surface area contributed by atoms with Gasteiger partial charge in [0.1, 0.15) is 11.5 Å². The average molecular weight is 404 g/mol. The number of rotatable bonds is 7. The number of benzene rings is 2. The Morgan fingerprint density at radius 3 is 2.43 bits per heavy atom. The summed E-state index contributed by atoms with van der Waals surface area (Å²) >= 11 is 0. The first kappa shape index (κ1) is 20.2. The molecule has 0 spiro atoms. The summed E-state index contributed by atoms with van der Waals surface area (Å²) < 4.78 is 39.3. The molecule has 0 saturated carbocycles. The number of hydrogen-bond donors (Lipinski definition) is 1. The Hall–Kier alpha value is -2.58. The Balaban J connectivity index is 1.92. The van der Waals surface area contributed by atoms with Crippen molar-refractivity contribution < 1.29 is 22.7 Å². The highest BCUT2D eigenvalue weighted by Crippen LogP contribution is 2.34. The minimum absolute atomic E-state index is 0.0387. The molecule has 28 heavy (non-hydrogen) atoms. The molecule has 2 aromatic rings. The van der Waals surface area contributed by atoms with Crippen LogP contribution in [0.5, 0.6) is 11.5 Å². The number of anilines is 1. The molecule has 1 amide bonds. The molecule has 0 bridgehead atoms. The van der Waals surface area contributed by atoms with Crippen molar-refractivity contribution in [3.05, 3.63) is 48.0 Å². The van der Waals surface area contributed by atoms with Gasteiger partial charge in [-0.1, -0.05) is 18.2 Å². The number of para-hydroxylation sites is 1. The third-order valence-corrected chi connectivity index (χ3v) is 6.30. The molecule has 1 N–H and O–H groups in total. The van der Waals surface area contributed by atoms with Gasteiger partial charge in [0.15, 0.2) is 0 Å². The number of nitrogens with zero attached hydrogens (tertiary/aromatic N) is 1. The summed E-state index contributed by atoms with van der Waals surface area (Å²) in [6.07, 6.45) is 1.19. The predicted octanol–water partition coefficient (Wildman–Crippen LogP) is 2.87. The van der Waals surface area contributed by atoms with Crippen molar-refractivity contribution in [1.82, 2.24) is 4.72 Å². The van der Waals surface area contributed by atoms with Crippen LogP contribution in [-0.2, 0) is 14.8 Å². The third kappa shape index (κ3) is 3.98. The Morgan fingerprint density at radius 1 is 1.07 bits per heavy atom. The largest absolute Gasteiger partial charge is 0.496 e. The number of sulfonamides is 1. The van der Waals surface area contributed by atoms with Gasteiger partial charge in [-0.25, -0.2) is 13.1 Å². The minimum atomic E-state index is -3.83. The summed E-state index contributed by atoms with van der Waals surface area (Å²) in [7, 11) is -0.786. The van der Waals surface area contributed by atoms with Crippen molar-refractivity contribution in [2.24, 2.45) is 0 Å². The van der Waals surface area contributed by atoms with E-state index in [4.69, 9.17) is 9.47 Å². The smallest absolute Gasteiger partial charge is 0.241 e. The molecule has 1 heterocycles. The van der Waals surface area contributed by atoms with Crippen molar-refractivity contribution in [3.8, 4) is 11.5 Å². The van der Waals surface area contributed by atoms with E-state index in [1.165, 1.54) is 19.2 Å². The van der Waals surface area contributed by atoms with E-state index in [0.717, 1.165) is 12.0 Å². The maximum atomic E-state index is 13.0. The molecular weight excluding hydrogens is 380 g/mol. The molecule has 1 unspecified atom stereocenters. The fourth-order valence-electron chi connectivity index (χ4n) is 3.34. The lowest BCUT2D eigenvalue weighted by molar-refractivity contribution is -0.117. The highest BCUT2D eigenvalue weighted by Gasteiger charge is 2.27. The monoisotopic (exact) mass is 404 g/mol. The van der Waals surface area contributed by atoms with Gasteiger partial charge in [0.25, 0.3) is 0 Å². The van der Waals surface area contributed by atoms with Gasteiger partial charge in [-0.15, -0.1) is 0 Å². The van der Waals surface area contributed by atoms with E-state index in [9.17, 15) is 13.2 Å². The van der Waals surface area contributed by atoms with Crippen LogP contribution in [0.3, 0.4) is 0 Å². The molecule has 3 rings (SSSR count). The van der Waals surface area contributed by atoms with Crippen molar-refractivity contribution in [1.29, 1.82) is 0 Å². The summed E-state index contributed by atoms with van der Waals surface area (Å²) in [5, 5.41) is 0. The molecule has 1 aliphatic rings. The number of carbonyl (C=O) groups is 1. The van der Waals surface area contributed by atoms with Gasteiger partial charge in [0, 0.05) is 24.6 Å². The van der Waals surface area contributed by atoms with Crippen LogP contribution in [0, 0.1) is 0 Å². The van der Waals surface area contributed by atoms with Crippen LogP contribution in [0.4, 0.5) is 5.69 Å². The Labute approximate surface area is 165 Å². The summed E-state index contributed by atoms with van der Waals surface area (Å²) in [5.74, 6) is 1.03. The summed E-state index contributed by atoms with van der Waals surface area (Å²) in [6.45, 7) is 2.30. The second-order valence-corrected chi connectivity index (χ2v) is 8.28. The van der Waals surface area contributed by atoms with E-state index in [1.54, 1.807) is 31.1 Å². The Bertz CT molecular complexity index is 974. The van der Waals surface area contributed by atoms with Crippen molar-refractivity contribution in [2.45, 2.75) is 30.7 Å². The quantitative estimate of drug-likeness (QED) is 0.767. The highest BCUT2D eigenvalue weighted by molar-refractivity contribution is 7.89. The maximum absolute atomic E-state index is 13.0. The first-order valence-electron chi connectivity index (χ1n) is 9.01. The fourth-order valence-corrected chi connectivity index (χ4v) is 4.58. The molecule has 1 fully saturated rings. The lowest BCUT2D eigenvalue weighted by atomic mass is 10.1. The minimum Gasteiger partial charge on any atom is -0.496 e. The Morgan fingerprint density at radius 2 is 1.79 bits per heavy atom. The van der Waals surface area contributed by atoms with Gasteiger partial charge in [0.2, 0.25) is 15.9 Å². The van der Waals surface area contributed by atoms with Crippen molar-refractivity contribution >= 4 is 21.6 Å². The SMILES string of the molecule is COc1ccccc1C(C)NS(=O)(=O)c1ccc(OC)c(N2CCCC2=O)c1. The molecule has 2 aromatic carbocycles. The standard InChI is InChI=1S/C20H24N2O5S/c1-14(16-7-4-5-8-18(16)26-2)21-28(24,25)15-10-11-19(27-3)17(13-15)22-12-6-9-20(22)23/h4-5,7-8,10-11,13-14,21H,6,9,12H2,1-3H3. The number of carbonyl (C=O) groups excluding carboxylic acids is 1. The molecular formula is C20H24N2O5S. The van der Waals surface area contributed by atoms with E-state index in [1.807, 2.05) is 18.2 Å². The lowest BCUT2D eigenvalue weighted by Gasteiger charge is -2.21. The van der Waals surface area contributed by atoms with Crippen LogP contribution in [0.25, 0.3) is 0 Å². The fraction of sp³-hybridized carbons (Fsp3) is 0.350. The number of hydrogen-bond acceptors (Lipinski definition) is 5. The summed E-state index contributed by atoms with van der Waals surface area (Å²) in [5.41, 5.74) is 1.20. The van der Waals surface area contributed by atoms with Crippen LogP contribution in [0.15, 0.2) is 47.4 Å².